The Labute approximate surface area is 274 Å². The molecule has 2 aromatic carbocycles. The van der Waals surface area contributed by atoms with Crippen LogP contribution in [-0.2, 0) is 19.7 Å². The van der Waals surface area contributed by atoms with Crippen LogP contribution in [0, 0.1) is 28.4 Å². The van der Waals surface area contributed by atoms with Gasteiger partial charge in [-0.1, -0.05) is 62.2 Å². The molecule has 2 aromatic rings. The first kappa shape index (κ1) is 35.1. The van der Waals surface area contributed by atoms with Crippen LogP contribution in [0.5, 0.6) is 0 Å². The molecule has 2 unspecified atom stereocenters. The lowest BCUT2D eigenvalue weighted by Gasteiger charge is -2.38. The molecule has 4 N–H and O–H groups in total. The van der Waals surface area contributed by atoms with E-state index in [9.17, 15) is 14.9 Å². The molecule has 2 fully saturated rings. The van der Waals surface area contributed by atoms with Crippen molar-refractivity contribution in [3.05, 3.63) is 69.2 Å². The van der Waals surface area contributed by atoms with E-state index >= 15 is 8.78 Å². The number of halogens is 4. The van der Waals surface area contributed by atoms with Crippen LogP contribution in [-0.4, -0.2) is 41.1 Å². The van der Waals surface area contributed by atoms with E-state index in [1.165, 1.54) is 24.3 Å². The molecule has 4 rings (SSSR count). The Morgan fingerprint density at radius 3 is 2.31 bits per heavy atom. The number of ether oxygens (including phenoxy) is 1. The smallest absolute Gasteiger partial charge is 0.326 e. The largest absolute Gasteiger partial charge is 0.459 e. The number of rotatable bonds is 6. The van der Waals surface area contributed by atoms with Gasteiger partial charge in [0.2, 0.25) is 5.91 Å². The number of carbonyl (C=O) groups is 2. The molecule has 0 aromatic heterocycles. The summed E-state index contributed by atoms with van der Waals surface area (Å²) in [6.45, 7) is 11.3. The van der Waals surface area contributed by atoms with Gasteiger partial charge < -0.3 is 21.1 Å². The van der Waals surface area contributed by atoms with Gasteiger partial charge in [-0.15, -0.1) is 0 Å². The second-order valence-corrected chi connectivity index (χ2v) is 15.5. The van der Waals surface area contributed by atoms with Gasteiger partial charge in [-0.05, 0) is 82.1 Å². The summed E-state index contributed by atoms with van der Waals surface area (Å²) in [5, 5.41) is 17.3. The van der Waals surface area contributed by atoms with Crippen LogP contribution < -0.4 is 16.4 Å². The average molecular weight is 664 g/mol. The highest BCUT2D eigenvalue weighted by atomic mass is 35.5. The third kappa shape index (κ3) is 7.30. The summed E-state index contributed by atoms with van der Waals surface area (Å²) >= 11 is 12.3. The van der Waals surface area contributed by atoms with Crippen LogP contribution in [0.1, 0.15) is 90.7 Å². The van der Waals surface area contributed by atoms with E-state index in [2.05, 4.69) is 16.7 Å². The molecule has 0 spiro atoms. The second-order valence-electron chi connectivity index (χ2n) is 14.6. The monoisotopic (exact) mass is 662 g/mol. The molecule has 2 aliphatic rings. The first-order chi connectivity index (χ1) is 20.8. The predicted molar refractivity (Wildman–Crippen MR) is 171 cm³/mol. The second kappa shape index (κ2) is 12.8. The first-order valence-electron chi connectivity index (χ1n) is 15.2. The average Bonchev–Trinajstić information content (AvgIpc) is 3.23. The third-order valence-electron chi connectivity index (χ3n) is 8.76. The number of amides is 1. The molecule has 1 saturated carbocycles. The summed E-state index contributed by atoms with van der Waals surface area (Å²) in [5.74, 6) is -3.63. The minimum absolute atomic E-state index is 0.0127. The van der Waals surface area contributed by atoms with E-state index in [1.807, 2.05) is 20.8 Å². The fourth-order valence-electron chi connectivity index (χ4n) is 6.71. The molecule has 11 heteroatoms. The molecule has 45 heavy (non-hydrogen) atoms. The van der Waals surface area contributed by atoms with Crippen LogP contribution in [0.15, 0.2) is 36.4 Å². The zero-order valence-electron chi connectivity index (χ0n) is 26.6. The normalized spacial score (nSPS) is 28.8. The number of hydrogen-bond donors (Lipinski definition) is 3. The quantitative estimate of drug-likeness (QED) is 0.297. The van der Waals surface area contributed by atoms with Gasteiger partial charge >= 0.3 is 5.97 Å². The molecule has 1 saturated heterocycles. The molecule has 1 heterocycles. The summed E-state index contributed by atoms with van der Waals surface area (Å²) < 4.78 is 37.2. The summed E-state index contributed by atoms with van der Waals surface area (Å²) in [5.41, 5.74) is 2.54. The molecule has 0 radical (unpaired) electrons. The summed E-state index contributed by atoms with van der Waals surface area (Å²) in [6.07, 6.45) is 1.76. The molecule has 1 aliphatic carbocycles. The Kier molecular flexibility index (Phi) is 9.97. The number of nitrogens with zero attached hydrogens (tertiary/aromatic N) is 1. The van der Waals surface area contributed by atoms with Gasteiger partial charge in [-0.25, -0.2) is 8.78 Å². The summed E-state index contributed by atoms with van der Waals surface area (Å²) in [4.78, 5) is 27.0. The van der Waals surface area contributed by atoms with Crippen molar-refractivity contribution in [2.24, 2.45) is 11.1 Å². The van der Waals surface area contributed by atoms with Crippen LogP contribution in [0.3, 0.4) is 0 Å². The SMILES string of the molecule is CC(C)(C)C[C@@H]1N[C@@H](C(=O)NC2CCC(N)(C(=O)OC(C)(C)C)CC2)C(c2cccc(Cl)c2F)C1(C#N)c1ccc(Cl)cc1F. The number of nitrogens with two attached hydrogens (primary N) is 1. The van der Waals surface area contributed by atoms with Crippen LogP contribution in [0.2, 0.25) is 10.0 Å². The van der Waals surface area contributed by atoms with E-state index in [0.29, 0.717) is 32.1 Å². The molecular formula is C34H42Cl2F2N4O3. The van der Waals surface area contributed by atoms with E-state index < -0.39 is 58.1 Å². The maximum absolute atomic E-state index is 15.9. The maximum Gasteiger partial charge on any atom is 0.326 e. The van der Waals surface area contributed by atoms with Gasteiger partial charge in [-0.2, -0.15) is 5.26 Å². The van der Waals surface area contributed by atoms with Gasteiger partial charge in [-0.3, -0.25) is 9.59 Å². The van der Waals surface area contributed by atoms with Crippen molar-refractivity contribution >= 4 is 35.1 Å². The Bertz CT molecular complexity index is 1490. The predicted octanol–water partition coefficient (Wildman–Crippen LogP) is 6.69. The Balaban J connectivity index is 1.74. The van der Waals surface area contributed by atoms with Gasteiger partial charge in [0, 0.05) is 28.6 Å². The van der Waals surface area contributed by atoms with E-state index in [0.717, 1.165) is 6.07 Å². The lowest BCUT2D eigenvalue weighted by molar-refractivity contribution is -0.163. The van der Waals surface area contributed by atoms with Gasteiger partial charge in [0.25, 0.3) is 0 Å². The van der Waals surface area contributed by atoms with E-state index in [1.54, 1.807) is 26.8 Å². The van der Waals surface area contributed by atoms with Crippen molar-refractivity contribution in [2.75, 3.05) is 0 Å². The number of esters is 1. The zero-order chi connectivity index (χ0) is 33.5. The molecular weight excluding hydrogens is 621 g/mol. The number of carbonyl (C=O) groups excluding carboxylic acids is 2. The van der Waals surface area contributed by atoms with Gasteiger partial charge in [0.1, 0.15) is 28.2 Å². The summed E-state index contributed by atoms with van der Waals surface area (Å²) in [7, 11) is 0. The standard InChI is InChI=1S/C34H42Cl2F2N4O3/c1-31(2,3)17-25-34(18-39,22-11-10-19(35)16-24(22)37)26(21-8-7-9-23(36)27(21)38)28(42-25)29(43)41-20-12-14-33(40,15-13-20)30(44)45-32(4,5)6/h7-11,16,20,25-26,28,42H,12-15,17,40H2,1-6H3,(H,41,43)/t20?,25-,26?,28+,33?,34?/m0/s1. The fourth-order valence-corrected chi connectivity index (χ4v) is 7.05. The summed E-state index contributed by atoms with van der Waals surface area (Å²) in [6, 6.07) is 8.58. The molecule has 7 nitrogen and oxygen atoms in total. The molecule has 1 aliphatic heterocycles. The van der Waals surface area contributed by atoms with Gasteiger partial charge in [0.15, 0.2) is 0 Å². The van der Waals surface area contributed by atoms with Crippen LogP contribution in [0.25, 0.3) is 0 Å². The van der Waals surface area contributed by atoms with Crippen molar-refractivity contribution in [3.63, 3.8) is 0 Å². The van der Waals surface area contributed by atoms with Crippen molar-refractivity contribution in [1.29, 1.82) is 5.26 Å². The Morgan fingerprint density at radius 2 is 1.76 bits per heavy atom. The molecule has 1 amide bonds. The Morgan fingerprint density at radius 1 is 1.11 bits per heavy atom. The number of nitriles is 1. The number of hydrogen-bond acceptors (Lipinski definition) is 6. The third-order valence-corrected chi connectivity index (χ3v) is 9.29. The first-order valence-corrected chi connectivity index (χ1v) is 16.0. The molecule has 4 atom stereocenters. The van der Waals surface area contributed by atoms with Crippen LogP contribution >= 0.6 is 23.2 Å². The highest BCUT2D eigenvalue weighted by molar-refractivity contribution is 6.31. The molecule has 0 bridgehead atoms. The van der Waals surface area contributed by atoms with Gasteiger partial charge in [0.05, 0.1) is 17.1 Å². The number of nitrogens with one attached hydrogen (secondary N) is 2. The number of benzene rings is 2. The van der Waals surface area contributed by atoms with Crippen LogP contribution in [0.4, 0.5) is 8.78 Å². The van der Waals surface area contributed by atoms with Crippen molar-refractivity contribution < 1.29 is 23.1 Å². The minimum atomic E-state index is -1.72. The van der Waals surface area contributed by atoms with Crippen molar-refractivity contribution in [1.82, 2.24) is 10.6 Å². The van der Waals surface area contributed by atoms with E-state index in [4.69, 9.17) is 33.7 Å². The zero-order valence-corrected chi connectivity index (χ0v) is 28.1. The minimum Gasteiger partial charge on any atom is -0.459 e. The lowest BCUT2D eigenvalue weighted by Crippen LogP contribution is -2.56. The highest BCUT2D eigenvalue weighted by Gasteiger charge is 2.61. The maximum atomic E-state index is 15.9. The fraction of sp³-hybridized carbons (Fsp3) is 0.559. The molecule has 244 valence electrons. The van der Waals surface area contributed by atoms with Crippen molar-refractivity contribution in [3.8, 4) is 6.07 Å². The van der Waals surface area contributed by atoms with E-state index in [-0.39, 0.29) is 32.6 Å². The van der Waals surface area contributed by atoms with Crippen molar-refractivity contribution in [2.45, 2.75) is 114 Å². The lowest BCUT2D eigenvalue weighted by atomic mass is 9.62. The topological polar surface area (TPSA) is 117 Å². The Hall–Kier alpha value is -2.77. The highest BCUT2D eigenvalue weighted by Crippen LogP contribution is 2.52.